The number of thiazole rings is 1. The number of anilines is 1. The molecule has 0 aliphatic carbocycles. The van der Waals surface area contributed by atoms with Crippen molar-refractivity contribution in [2.45, 2.75) is 26.2 Å². The van der Waals surface area contributed by atoms with Crippen molar-refractivity contribution in [1.29, 1.82) is 0 Å². The van der Waals surface area contributed by atoms with Crippen molar-refractivity contribution >= 4 is 34.0 Å². The molecule has 1 amide bonds. The molecule has 21 heavy (non-hydrogen) atoms. The third-order valence-electron chi connectivity index (χ3n) is 3.12. The molecule has 0 saturated heterocycles. The van der Waals surface area contributed by atoms with E-state index >= 15 is 0 Å². The number of rotatable bonds is 2. The molecule has 0 aliphatic rings. The Kier molecular flexibility index (Phi) is 3.25. The van der Waals surface area contributed by atoms with E-state index in [2.05, 4.69) is 41.0 Å². The fraction of sp³-hybridized carbons (Fsp3) is 0.267. The minimum Gasteiger partial charge on any atom is -0.341 e. The lowest BCUT2D eigenvalue weighted by Crippen LogP contribution is -2.13. The van der Waals surface area contributed by atoms with Gasteiger partial charge in [0.25, 0.3) is 5.91 Å². The van der Waals surface area contributed by atoms with Crippen molar-refractivity contribution < 1.29 is 4.79 Å². The first-order chi connectivity index (χ1) is 9.93. The summed E-state index contributed by atoms with van der Waals surface area (Å²) in [6, 6.07) is 5.64. The largest absolute Gasteiger partial charge is 0.341 e. The Bertz CT molecular complexity index is 784. The number of nitrogens with zero attached hydrogens (tertiary/aromatic N) is 2. The number of nitrogens with one attached hydrogen (secondary N) is 2. The SMILES string of the molecule is CC(C)(C)c1nc2ccc(NC(=O)c3cscn3)cc2[nH]1. The molecule has 108 valence electrons. The predicted molar refractivity (Wildman–Crippen MR) is 84.9 cm³/mol. The van der Waals surface area contributed by atoms with E-state index in [0.717, 1.165) is 22.5 Å². The van der Waals surface area contributed by atoms with E-state index < -0.39 is 0 Å². The van der Waals surface area contributed by atoms with Gasteiger partial charge in [0.15, 0.2) is 0 Å². The third kappa shape index (κ3) is 2.80. The number of imidazole rings is 1. The molecule has 0 atom stereocenters. The van der Waals surface area contributed by atoms with E-state index in [4.69, 9.17) is 0 Å². The van der Waals surface area contributed by atoms with Crippen LogP contribution in [0, 0.1) is 0 Å². The Labute approximate surface area is 126 Å². The van der Waals surface area contributed by atoms with Gasteiger partial charge in [0, 0.05) is 16.5 Å². The molecule has 3 aromatic rings. The number of aromatic amines is 1. The lowest BCUT2D eigenvalue weighted by atomic mass is 9.96. The standard InChI is InChI=1S/C15H16N4OS/c1-15(2,3)14-18-10-5-4-9(6-11(10)19-14)17-13(20)12-7-21-8-16-12/h4-8H,1-3H3,(H,17,20)(H,18,19). The average Bonchev–Trinajstić information content (AvgIpc) is 3.06. The van der Waals surface area contributed by atoms with Crippen LogP contribution in [-0.4, -0.2) is 20.9 Å². The zero-order chi connectivity index (χ0) is 15.0. The smallest absolute Gasteiger partial charge is 0.275 e. The van der Waals surface area contributed by atoms with Gasteiger partial charge >= 0.3 is 0 Å². The fourth-order valence-electron chi connectivity index (χ4n) is 1.96. The van der Waals surface area contributed by atoms with Gasteiger partial charge in [-0.15, -0.1) is 11.3 Å². The number of fused-ring (bicyclic) bond motifs is 1. The number of carbonyl (C=O) groups is 1. The highest BCUT2D eigenvalue weighted by molar-refractivity contribution is 7.07. The summed E-state index contributed by atoms with van der Waals surface area (Å²) in [4.78, 5) is 23.9. The normalized spacial score (nSPS) is 11.8. The molecule has 2 N–H and O–H groups in total. The molecule has 1 aromatic carbocycles. The van der Waals surface area contributed by atoms with Crippen molar-refractivity contribution in [2.75, 3.05) is 5.32 Å². The van der Waals surface area contributed by atoms with Crippen molar-refractivity contribution in [2.24, 2.45) is 0 Å². The first-order valence-electron chi connectivity index (χ1n) is 6.63. The summed E-state index contributed by atoms with van der Waals surface area (Å²) in [7, 11) is 0. The molecule has 2 heterocycles. The van der Waals surface area contributed by atoms with Gasteiger partial charge in [-0.1, -0.05) is 20.8 Å². The number of H-pyrrole nitrogens is 1. The van der Waals surface area contributed by atoms with Crippen LogP contribution in [0.4, 0.5) is 5.69 Å². The van der Waals surface area contributed by atoms with E-state index in [-0.39, 0.29) is 11.3 Å². The Balaban J connectivity index is 1.89. The summed E-state index contributed by atoms with van der Waals surface area (Å²) in [5.74, 6) is 0.728. The quantitative estimate of drug-likeness (QED) is 0.760. The van der Waals surface area contributed by atoms with Crippen LogP contribution in [0.1, 0.15) is 37.1 Å². The van der Waals surface area contributed by atoms with Crippen LogP contribution in [-0.2, 0) is 5.41 Å². The van der Waals surface area contributed by atoms with Gasteiger partial charge in [-0.05, 0) is 18.2 Å². The Hall–Kier alpha value is -2.21. The van der Waals surface area contributed by atoms with Gasteiger partial charge in [-0.2, -0.15) is 0 Å². The summed E-state index contributed by atoms with van der Waals surface area (Å²) in [6.07, 6.45) is 0. The number of amides is 1. The van der Waals surface area contributed by atoms with Crippen LogP contribution < -0.4 is 5.32 Å². The van der Waals surface area contributed by atoms with Crippen molar-refractivity contribution in [3.05, 3.63) is 40.6 Å². The topological polar surface area (TPSA) is 70.7 Å². The highest BCUT2D eigenvalue weighted by atomic mass is 32.1. The third-order valence-corrected chi connectivity index (χ3v) is 3.70. The molecule has 0 saturated carbocycles. The number of hydrogen-bond donors (Lipinski definition) is 2. The maximum absolute atomic E-state index is 12.0. The lowest BCUT2D eigenvalue weighted by molar-refractivity contribution is 0.102. The lowest BCUT2D eigenvalue weighted by Gasteiger charge is -2.13. The first kappa shape index (κ1) is 13.8. The molecule has 0 unspecified atom stereocenters. The van der Waals surface area contributed by atoms with Crippen molar-refractivity contribution in [1.82, 2.24) is 15.0 Å². The monoisotopic (exact) mass is 300 g/mol. The summed E-state index contributed by atoms with van der Waals surface area (Å²) in [6.45, 7) is 6.32. The van der Waals surface area contributed by atoms with E-state index in [0.29, 0.717) is 5.69 Å². The number of hydrogen-bond acceptors (Lipinski definition) is 4. The molecule has 0 radical (unpaired) electrons. The molecule has 0 spiro atoms. The minimum atomic E-state index is -0.203. The van der Waals surface area contributed by atoms with Crippen LogP contribution >= 0.6 is 11.3 Å². The van der Waals surface area contributed by atoms with Gasteiger partial charge in [-0.25, -0.2) is 9.97 Å². The molecule has 0 bridgehead atoms. The summed E-state index contributed by atoms with van der Waals surface area (Å²) in [5.41, 5.74) is 4.57. The highest BCUT2D eigenvalue weighted by Crippen LogP contribution is 2.24. The van der Waals surface area contributed by atoms with E-state index in [1.807, 2.05) is 18.2 Å². The molecule has 2 aromatic heterocycles. The first-order valence-corrected chi connectivity index (χ1v) is 7.57. The van der Waals surface area contributed by atoms with Gasteiger partial charge in [0.1, 0.15) is 11.5 Å². The summed E-state index contributed by atoms with van der Waals surface area (Å²) >= 11 is 1.40. The Morgan fingerprint density at radius 3 is 2.81 bits per heavy atom. The van der Waals surface area contributed by atoms with Crippen molar-refractivity contribution in [3.63, 3.8) is 0 Å². The molecule has 0 fully saturated rings. The van der Waals surface area contributed by atoms with Gasteiger partial charge in [0.05, 0.1) is 16.5 Å². The van der Waals surface area contributed by atoms with E-state index in [1.54, 1.807) is 10.9 Å². The van der Waals surface area contributed by atoms with E-state index in [1.165, 1.54) is 11.3 Å². The second-order valence-electron chi connectivity index (χ2n) is 5.90. The van der Waals surface area contributed by atoms with Gasteiger partial charge in [-0.3, -0.25) is 4.79 Å². The molecule has 5 nitrogen and oxygen atoms in total. The van der Waals surface area contributed by atoms with Gasteiger partial charge in [0.2, 0.25) is 0 Å². The second kappa shape index (κ2) is 4.96. The number of benzene rings is 1. The Morgan fingerprint density at radius 2 is 2.14 bits per heavy atom. The van der Waals surface area contributed by atoms with E-state index in [9.17, 15) is 4.79 Å². The number of carbonyl (C=O) groups excluding carboxylic acids is 1. The van der Waals surface area contributed by atoms with Crippen molar-refractivity contribution in [3.8, 4) is 0 Å². The van der Waals surface area contributed by atoms with Crippen LogP contribution in [0.2, 0.25) is 0 Å². The zero-order valence-electron chi connectivity index (χ0n) is 12.1. The second-order valence-corrected chi connectivity index (χ2v) is 6.61. The van der Waals surface area contributed by atoms with Crippen LogP contribution in [0.5, 0.6) is 0 Å². The molecule has 6 heteroatoms. The zero-order valence-corrected chi connectivity index (χ0v) is 12.9. The fourth-order valence-corrected chi connectivity index (χ4v) is 2.49. The molecular formula is C15H16N4OS. The molecule has 3 rings (SSSR count). The summed E-state index contributed by atoms with van der Waals surface area (Å²) < 4.78 is 0. The minimum absolute atomic E-state index is 0.0387. The average molecular weight is 300 g/mol. The van der Waals surface area contributed by atoms with Crippen LogP contribution in [0.3, 0.4) is 0 Å². The van der Waals surface area contributed by atoms with Crippen LogP contribution in [0.25, 0.3) is 11.0 Å². The maximum Gasteiger partial charge on any atom is 0.275 e. The number of aromatic nitrogens is 3. The molecular weight excluding hydrogens is 284 g/mol. The predicted octanol–water partition coefficient (Wildman–Crippen LogP) is 3.57. The summed E-state index contributed by atoms with van der Waals surface area (Å²) in [5, 5.41) is 4.57. The van der Waals surface area contributed by atoms with Crippen LogP contribution in [0.15, 0.2) is 29.1 Å². The Morgan fingerprint density at radius 1 is 1.33 bits per heavy atom. The molecule has 0 aliphatic heterocycles. The highest BCUT2D eigenvalue weighted by Gasteiger charge is 2.18. The van der Waals surface area contributed by atoms with Gasteiger partial charge < -0.3 is 10.3 Å². The maximum atomic E-state index is 12.0.